The molecule has 2 amide bonds. The first-order valence-corrected chi connectivity index (χ1v) is 6.59. The topological polar surface area (TPSA) is 62.3 Å². The van der Waals surface area contributed by atoms with Gasteiger partial charge in [0.2, 0.25) is 11.8 Å². The van der Waals surface area contributed by atoms with E-state index in [-0.39, 0.29) is 30.3 Å². The van der Waals surface area contributed by atoms with Crippen LogP contribution in [0.5, 0.6) is 0 Å². The van der Waals surface area contributed by atoms with Crippen LogP contribution in [-0.2, 0) is 16.0 Å². The molecule has 0 bridgehead atoms. The summed E-state index contributed by atoms with van der Waals surface area (Å²) in [5.41, 5.74) is 0.979. The van der Waals surface area contributed by atoms with Gasteiger partial charge in [-0.15, -0.1) is 0 Å². The molecule has 19 heavy (non-hydrogen) atoms. The summed E-state index contributed by atoms with van der Waals surface area (Å²) in [7, 11) is 0. The fourth-order valence-electron chi connectivity index (χ4n) is 2.27. The Balaban J connectivity index is 1.84. The van der Waals surface area contributed by atoms with E-state index in [0.29, 0.717) is 6.54 Å². The maximum Gasteiger partial charge on any atom is 0.247 e. The minimum Gasteiger partial charge on any atom is -0.305 e. The van der Waals surface area contributed by atoms with Crippen molar-refractivity contribution in [3.63, 3.8) is 0 Å². The number of rotatable bonds is 5. The number of carbonyl (C=O) groups is 2. The SMILES string of the molecule is CC(C)N1C(=O)CC(NCCc2ccccn2)C1=O. The molecule has 0 radical (unpaired) electrons. The Morgan fingerprint density at radius 2 is 2.21 bits per heavy atom. The van der Waals surface area contributed by atoms with Crippen molar-refractivity contribution in [1.82, 2.24) is 15.2 Å². The van der Waals surface area contributed by atoms with Gasteiger partial charge in [-0.3, -0.25) is 19.5 Å². The van der Waals surface area contributed by atoms with Crippen LogP contribution in [0.4, 0.5) is 0 Å². The number of pyridine rings is 1. The van der Waals surface area contributed by atoms with Crippen LogP contribution >= 0.6 is 0 Å². The van der Waals surface area contributed by atoms with Crippen LogP contribution in [0.15, 0.2) is 24.4 Å². The molecule has 5 heteroatoms. The molecule has 0 aliphatic carbocycles. The van der Waals surface area contributed by atoms with Crippen molar-refractivity contribution in [2.45, 2.75) is 38.8 Å². The van der Waals surface area contributed by atoms with Crippen LogP contribution in [0, 0.1) is 0 Å². The summed E-state index contributed by atoms with van der Waals surface area (Å²) in [5, 5.41) is 3.14. The van der Waals surface area contributed by atoms with Crippen LogP contribution in [0.2, 0.25) is 0 Å². The van der Waals surface area contributed by atoms with Gasteiger partial charge in [0.1, 0.15) is 0 Å². The number of hydrogen-bond acceptors (Lipinski definition) is 4. The second-order valence-electron chi connectivity index (χ2n) is 4.98. The fourth-order valence-corrected chi connectivity index (χ4v) is 2.27. The van der Waals surface area contributed by atoms with E-state index >= 15 is 0 Å². The first-order chi connectivity index (χ1) is 9.09. The molecule has 1 saturated heterocycles. The molecule has 2 rings (SSSR count). The average molecular weight is 261 g/mol. The van der Waals surface area contributed by atoms with Crippen LogP contribution in [0.25, 0.3) is 0 Å². The Labute approximate surface area is 113 Å². The van der Waals surface area contributed by atoms with E-state index in [1.165, 1.54) is 4.90 Å². The Hall–Kier alpha value is -1.75. The molecule has 1 N–H and O–H groups in total. The molecule has 0 saturated carbocycles. The summed E-state index contributed by atoms with van der Waals surface area (Å²) in [4.78, 5) is 29.3. The van der Waals surface area contributed by atoms with Crippen LogP contribution < -0.4 is 5.32 Å². The molecule has 5 nitrogen and oxygen atoms in total. The highest BCUT2D eigenvalue weighted by Gasteiger charge is 2.39. The van der Waals surface area contributed by atoms with Gasteiger partial charge in [-0.25, -0.2) is 0 Å². The number of amides is 2. The van der Waals surface area contributed by atoms with Crippen molar-refractivity contribution in [3.05, 3.63) is 30.1 Å². The lowest BCUT2D eigenvalue weighted by atomic mass is 10.2. The van der Waals surface area contributed by atoms with Crippen molar-refractivity contribution < 1.29 is 9.59 Å². The van der Waals surface area contributed by atoms with Gasteiger partial charge < -0.3 is 5.32 Å². The highest BCUT2D eigenvalue weighted by atomic mass is 16.2. The number of likely N-dealkylation sites (tertiary alicyclic amines) is 1. The number of nitrogens with one attached hydrogen (secondary N) is 1. The number of nitrogens with zero attached hydrogens (tertiary/aromatic N) is 2. The third kappa shape index (κ3) is 3.17. The maximum atomic E-state index is 12.0. The zero-order chi connectivity index (χ0) is 13.8. The smallest absolute Gasteiger partial charge is 0.247 e. The largest absolute Gasteiger partial charge is 0.305 e. The van der Waals surface area contributed by atoms with Crippen LogP contribution in [0.1, 0.15) is 26.0 Å². The Kier molecular flexibility index (Phi) is 4.27. The Morgan fingerprint density at radius 3 is 2.79 bits per heavy atom. The molecule has 1 atom stereocenters. The number of hydrogen-bond donors (Lipinski definition) is 1. The highest BCUT2D eigenvalue weighted by Crippen LogP contribution is 2.15. The second kappa shape index (κ2) is 5.93. The molecular weight excluding hydrogens is 242 g/mol. The lowest BCUT2D eigenvalue weighted by Crippen LogP contribution is -2.42. The van der Waals surface area contributed by atoms with Crippen molar-refractivity contribution in [1.29, 1.82) is 0 Å². The predicted molar refractivity (Wildman–Crippen MR) is 71.3 cm³/mol. The zero-order valence-corrected chi connectivity index (χ0v) is 11.3. The van der Waals surface area contributed by atoms with Gasteiger partial charge in [0.25, 0.3) is 0 Å². The first-order valence-electron chi connectivity index (χ1n) is 6.59. The van der Waals surface area contributed by atoms with Gasteiger partial charge in [-0.1, -0.05) is 6.07 Å². The molecule has 102 valence electrons. The van der Waals surface area contributed by atoms with Gasteiger partial charge in [0.05, 0.1) is 12.5 Å². The standard InChI is InChI=1S/C14H19N3O2/c1-10(2)17-13(18)9-12(14(17)19)16-8-6-11-5-3-4-7-15-11/h3-5,7,10,12,16H,6,8-9H2,1-2H3. The summed E-state index contributed by atoms with van der Waals surface area (Å²) in [6.45, 7) is 4.35. The summed E-state index contributed by atoms with van der Waals surface area (Å²) in [6, 6.07) is 5.31. The quantitative estimate of drug-likeness (QED) is 0.795. The summed E-state index contributed by atoms with van der Waals surface area (Å²) in [6.07, 6.45) is 2.76. The molecule has 1 aromatic rings. The number of imide groups is 1. The van der Waals surface area contributed by atoms with Gasteiger partial charge in [-0.05, 0) is 26.0 Å². The summed E-state index contributed by atoms with van der Waals surface area (Å²) < 4.78 is 0. The molecule has 1 aliphatic heterocycles. The van der Waals surface area contributed by atoms with Gasteiger partial charge in [0, 0.05) is 30.9 Å². The van der Waals surface area contributed by atoms with Gasteiger partial charge >= 0.3 is 0 Å². The van der Waals surface area contributed by atoms with E-state index in [1.54, 1.807) is 6.20 Å². The molecule has 0 aromatic carbocycles. The molecule has 2 heterocycles. The fraction of sp³-hybridized carbons (Fsp3) is 0.500. The number of aromatic nitrogens is 1. The zero-order valence-electron chi connectivity index (χ0n) is 11.3. The highest BCUT2D eigenvalue weighted by molar-refractivity contribution is 6.05. The van der Waals surface area contributed by atoms with E-state index in [1.807, 2.05) is 32.0 Å². The van der Waals surface area contributed by atoms with Crippen LogP contribution in [0.3, 0.4) is 0 Å². The van der Waals surface area contributed by atoms with Gasteiger partial charge in [0.15, 0.2) is 0 Å². The van der Waals surface area contributed by atoms with E-state index in [9.17, 15) is 9.59 Å². The van der Waals surface area contributed by atoms with Crippen molar-refractivity contribution in [2.75, 3.05) is 6.54 Å². The number of carbonyl (C=O) groups excluding carboxylic acids is 2. The molecule has 1 aromatic heterocycles. The lowest BCUT2D eigenvalue weighted by molar-refractivity contribution is -0.140. The van der Waals surface area contributed by atoms with Crippen molar-refractivity contribution >= 4 is 11.8 Å². The Morgan fingerprint density at radius 1 is 1.42 bits per heavy atom. The van der Waals surface area contributed by atoms with E-state index in [0.717, 1.165) is 12.1 Å². The van der Waals surface area contributed by atoms with Crippen molar-refractivity contribution in [3.8, 4) is 0 Å². The minimum absolute atomic E-state index is 0.0670. The van der Waals surface area contributed by atoms with Crippen molar-refractivity contribution in [2.24, 2.45) is 0 Å². The summed E-state index contributed by atoms with van der Waals surface area (Å²) >= 11 is 0. The lowest BCUT2D eigenvalue weighted by Gasteiger charge is -2.19. The monoisotopic (exact) mass is 261 g/mol. The van der Waals surface area contributed by atoms with Crippen LogP contribution in [-0.4, -0.2) is 40.3 Å². The van der Waals surface area contributed by atoms with E-state index in [4.69, 9.17) is 0 Å². The average Bonchev–Trinajstić information content (AvgIpc) is 2.66. The molecule has 0 spiro atoms. The second-order valence-corrected chi connectivity index (χ2v) is 4.98. The minimum atomic E-state index is -0.376. The molecule has 1 unspecified atom stereocenters. The maximum absolute atomic E-state index is 12.0. The molecule has 1 aliphatic rings. The third-order valence-electron chi connectivity index (χ3n) is 3.20. The first kappa shape index (κ1) is 13.7. The van der Waals surface area contributed by atoms with E-state index in [2.05, 4.69) is 10.3 Å². The normalized spacial score (nSPS) is 19.5. The third-order valence-corrected chi connectivity index (χ3v) is 3.20. The predicted octanol–water partition coefficient (Wildman–Crippen LogP) is 0.750. The summed E-state index contributed by atoms with van der Waals surface area (Å²) in [5.74, 6) is -0.198. The molecular formula is C14H19N3O2. The van der Waals surface area contributed by atoms with E-state index < -0.39 is 0 Å². The van der Waals surface area contributed by atoms with Gasteiger partial charge in [-0.2, -0.15) is 0 Å². The molecule has 1 fully saturated rings. The Bertz CT molecular complexity index is 459.